The lowest BCUT2D eigenvalue weighted by atomic mass is 10.1. The topological polar surface area (TPSA) is 61.5 Å². The van der Waals surface area contributed by atoms with E-state index in [1.54, 1.807) is 19.2 Å². The molecule has 17 heavy (non-hydrogen) atoms. The van der Waals surface area contributed by atoms with Gasteiger partial charge in [0, 0.05) is 12.7 Å². The third-order valence-corrected chi connectivity index (χ3v) is 2.79. The fraction of sp³-hybridized carbons (Fsp3) is 0.417. The Kier molecular flexibility index (Phi) is 4.78. The second-order valence-electron chi connectivity index (χ2n) is 3.75. The summed E-state index contributed by atoms with van der Waals surface area (Å²) in [5, 5.41) is 0.265. The predicted octanol–water partition coefficient (Wildman–Crippen LogP) is 2.54. The normalized spacial score (nSPS) is 12.2. The molecule has 5 heteroatoms. The van der Waals surface area contributed by atoms with Crippen molar-refractivity contribution in [3.05, 3.63) is 22.7 Å². The summed E-state index contributed by atoms with van der Waals surface area (Å²) in [4.78, 5) is 11.2. The largest absolute Gasteiger partial charge is 0.489 e. The number of benzene rings is 1. The maximum absolute atomic E-state index is 11.2. The van der Waals surface area contributed by atoms with Crippen molar-refractivity contribution in [3.8, 4) is 5.75 Å². The highest BCUT2D eigenvalue weighted by atomic mass is 35.5. The summed E-state index contributed by atoms with van der Waals surface area (Å²) < 4.78 is 10.5. The molecule has 1 aromatic carbocycles. The fourth-order valence-electron chi connectivity index (χ4n) is 1.27. The van der Waals surface area contributed by atoms with E-state index >= 15 is 0 Å². The third kappa shape index (κ3) is 3.35. The van der Waals surface area contributed by atoms with Gasteiger partial charge in [-0.15, -0.1) is 0 Å². The van der Waals surface area contributed by atoms with Gasteiger partial charge in [-0.2, -0.15) is 0 Å². The van der Waals surface area contributed by atoms with Crippen molar-refractivity contribution >= 4 is 23.1 Å². The maximum atomic E-state index is 11.2. The van der Waals surface area contributed by atoms with Crippen LogP contribution in [0, 0.1) is 0 Å². The number of hydrogen-bond donors (Lipinski definition) is 1. The Balaban J connectivity index is 2.89. The second kappa shape index (κ2) is 5.89. The summed E-state index contributed by atoms with van der Waals surface area (Å²) in [6.45, 7) is 3.69. The van der Waals surface area contributed by atoms with Crippen LogP contribution in [0.3, 0.4) is 0 Å². The van der Waals surface area contributed by atoms with E-state index in [1.165, 1.54) is 6.92 Å². The van der Waals surface area contributed by atoms with Gasteiger partial charge in [0.15, 0.2) is 5.78 Å². The molecule has 1 aromatic rings. The molecule has 0 radical (unpaired) electrons. The quantitative estimate of drug-likeness (QED) is 0.650. The summed E-state index contributed by atoms with van der Waals surface area (Å²) in [5.74, 6) is 0.333. The molecule has 0 bridgehead atoms. The highest BCUT2D eigenvalue weighted by Gasteiger charge is 2.13. The molecule has 0 saturated heterocycles. The van der Waals surface area contributed by atoms with Crippen LogP contribution >= 0.6 is 11.6 Å². The lowest BCUT2D eigenvalue weighted by molar-refractivity contribution is 0.0717. The Morgan fingerprint density at radius 3 is 2.71 bits per heavy atom. The van der Waals surface area contributed by atoms with Gasteiger partial charge in [0.1, 0.15) is 17.4 Å². The minimum Gasteiger partial charge on any atom is -0.489 e. The van der Waals surface area contributed by atoms with E-state index in [0.29, 0.717) is 17.9 Å². The second-order valence-corrected chi connectivity index (χ2v) is 4.13. The van der Waals surface area contributed by atoms with Crippen LogP contribution in [-0.2, 0) is 4.74 Å². The number of methoxy groups -OCH3 is 1. The van der Waals surface area contributed by atoms with Gasteiger partial charge in [-0.1, -0.05) is 11.6 Å². The lowest BCUT2D eigenvalue weighted by Gasteiger charge is -2.14. The van der Waals surface area contributed by atoms with E-state index in [9.17, 15) is 4.79 Å². The van der Waals surface area contributed by atoms with Gasteiger partial charge in [-0.3, -0.25) is 4.79 Å². The highest BCUT2D eigenvalue weighted by Crippen LogP contribution is 2.33. The maximum Gasteiger partial charge on any atom is 0.161 e. The van der Waals surface area contributed by atoms with Gasteiger partial charge in [0.2, 0.25) is 0 Å². The van der Waals surface area contributed by atoms with Crippen LogP contribution in [-0.4, -0.2) is 25.6 Å². The SMILES string of the molecule is COC(C)COc1ccc(C(C)=O)c(N)c1Cl. The zero-order valence-corrected chi connectivity index (χ0v) is 10.9. The molecular weight excluding hydrogens is 242 g/mol. The molecule has 0 saturated carbocycles. The van der Waals surface area contributed by atoms with Crippen LogP contribution < -0.4 is 10.5 Å². The van der Waals surface area contributed by atoms with E-state index in [-0.39, 0.29) is 22.6 Å². The molecule has 1 atom stereocenters. The van der Waals surface area contributed by atoms with Crippen molar-refractivity contribution in [1.82, 2.24) is 0 Å². The van der Waals surface area contributed by atoms with Crippen molar-refractivity contribution in [2.24, 2.45) is 0 Å². The molecule has 0 spiro atoms. The van der Waals surface area contributed by atoms with Crippen LogP contribution in [0.1, 0.15) is 24.2 Å². The predicted molar refractivity (Wildman–Crippen MR) is 67.8 cm³/mol. The Bertz CT molecular complexity index is 420. The number of hydrogen-bond acceptors (Lipinski definition) is 4. The summed E-state index contributed by atoms with van der Waals surface area (Å²) in [5.41, 5.74) is 6.42. The third-order valence-electron chi connectivity index (χ3n) is 2.40. The Morgan fingerprint density at radius 1 is 1.53 bits per heavy atom. The Hall–Kier alpha value is -1.26. The first-order chi connectivity index (χ1) is 7.97. The van der Waals surface area contributed by atoms with Crippen LogP contribution in [0.5, 0.6) is 5.75 Å². The number of nitrogens with two attached hydrogens (primary N) is 1. The average molecular weight is 258 g/mol. The first kappa shape index (κ1) is 13.8. The van der Waals surface area contributed by atoms with E-state index in [2.05, 4.69) is 0 Å². The lowest BCUT2D eigenvalue weighted by Crippen LogP contribution is -2.16. The number of carbonyl (C=O) groups is 1. The standard InChI is InChI=1S/C12H16ClNO3/c1-7(16-3)6-17-10-5-4-9(8(2)15)12(14)11(10)13/h4-5,7H,6,14H2,1-3H3. The summed E-state index contributed by atoms with van der Waals surface area (Å²) in [7, 11) is 1.60. The minimum atomic E-state index is -0.124. The highest BCUT2D eigenvalue weighted by molar-refractivity contribution is 6.35. The van der Waals surface area contributed by atoms with Crippen LogP contribution in [0.2, 0.25) is 5.02 Å². The molecule has 0 fully saturated rings. The number of ether oxygens (including phenoxy) is 2. The molecule has 2 N–H and O–H groups in total. The monoisotopic (exact) mass is 257 g/mol. The van der Waals surface area contributed by atoms with Crippen LogP contribution in [0.15, 0.2) is 12.1 Å². The van der Waals surface area contributed by atoms with Gasteiger partial charge in [0.05, 0.1) is 11.8 Å². The van der Waals surface area contributed by atoms with Crippen molar-refractivity contribution in [3.63, 3.8) is 0 Å². The molecule has 0 aromatic heterocycles. The Labute approximate surface area is 106 Å². The number of rotatable bonds is 5. The van der Waals surface area contributed by atoms with E-state index in [0.717, 1.165) is 0 Å². The molecule has 0 aliphatic heterocycles. The zero-order valence-electron chi connectivity index (χ0n) is 10.1. The first-order valence-electron chi connectivity index (χ1n) is 5.21. The van der Waals surface area contributed by atoms with Gasteiger partial charge in [-0.25, -0.2) is 0 Å². The number of anilines is 1. The van der Waals surface area contributed by atoms with E-state index < -0.39 is 0 Å². The number of nitrogen functional groups attached to an aromatic ring is 1. The van der Waals surface area contributed by atoms with E-state index in [1.807, 2.05) is 6.92 Å². The van der Waals surface area contributed by atoms with Gasteiger partial charge < -0.3 is 15.2 Å². The minimum absolute atomic E-state index is 0.0419. The molecule has 0 heterocycles. The van der Waals surface area contributed by atoms with Gasteiger partial charge >= 0.3 is 0 Å². The molecule has 4 nitrogen and oxygen atoms in total. The van der Waals surface area contributed by atoms with Crippen molar-refractivity contribution in [1.29, 1.82) is 0 Å². The van der Waals surface area contributed by atoms with Crippen LogP contribution in [0.4, 0.5) is 5.69 Å². The summed E-state index contributed by atoms with van der Waals surface area (Å²) in [6.07, 6.45) is -0.0419. The number of Topliss-reactive ketones (excluding diaryl/α,β-unsaturated/α-hetero) is 1. The molecule has 0 aliphatic carbocycles. The molecule has 0 aliphatic rings. The van der Waals surface area contributed by atoms with E-state index in [4.69, 9.17) is 26.8 Å². The van der Waals surface area contributed by atoms with Crippen LogP contribution in [0.25, 0.3) is 0 Å². The molecule has 0 amide bonds. The molecule has 1 rings (SSSR count). The molecule has 94 valence electrons. The smallest absolute Gasteiger partial charge is 0.161 e. The number of carbonyl (C=O) groups excluding carboxylic acids is 1. The first-order valence-corrected chi connectivity index (χ1v) is 5.59. The molecular formula is C12H16ClNO3. The fourth-order valence-corrected chi connectivity index (χ4v) is 1.49. The molecule has 1 unspecified atom stereocenters. The van der Waals surface area contributed by atoms with Gasteiger partial charge in [0.25, 0.3) is 0 Å². The number of ketones is 1. The van der Waals surface area contributed by atoms with Gasteiger partial charge in [-0.05, 0) is 26.0 Å². The summed E-state index contributed by atoms with van der Waals surface area (Å²) in [6, 6.07) is 3.24. The van der Waals surface area contributed by atoms with Crippen molar-refractivity contribution in [2.75, 3.05) is 19.5 Å². The van der Waals surface area contributed by atoms with Crippen molar-refractivity contribution in [2.45, 2.75) is 20.0 Å². The van der Waals surface area contributed by atoms with Crippen molar-refractivity contribution < 1.29 is 14.3 Å². The summed E-state index contributed by atoms with van der Waals surface area (Å²) >= 11 is 6.03. The Morgan fingerprint density at radius 2 is 2.18 bits per heavy atom. The average Bonchev–Trinajstić information content (AvgIpc) is 2.30. The zero-order chi connectivity index (χ0) is 13.0. The number of halogens is 1.